The predicted molar refractivity (Wildman–Crippen MR) is 171 cm³/mol. The molecule has 0 saturated carbocycles. The van der Waals surface area contributed by atoms with Gasteiger partial charge < -0.3 is 35.4 Å². The van der Waals surface area contributed by atoms with Gasteiger partial charge in [0.2, 0.25) is 5.91 Å². The predicted octanol–water partition coefficient (Wildman–Crippen LogP) is 3.96. The zero-order valence-corrected chi connectivity index (χ0v) is 25.8. The van der Waals surface area contributed by atoms with Gasteiger partial charge in [0.05, 0.1) is 20.3 Å². The van der Waals surface area contributed by atoms with Gasteiger partial charge in [-0.25, -0.2) is 0 Å². The van der Waals surface area contributed by atoms with E-state index in [1.807, 2.05) is 35.2 Å². The standard InChI is InChI=1S/C35H44N4O5/c1-23(40)39-16-14-29(15-17-39)38-28-10-8-24(9-11-28)35(42)37-22-30(41)21-36-34(27-18-25-6-4-5-7-26(25)19-27)32-13-12-31(43-2)20-33(32)44-3/h4-13,20,27,29-30,34,36,38,41H,14-19,21-22H2,1-3H3,(H,37,42). The fraction of sp³-hybridized carbons (Fsp3) is 0.429. The zero-order chi connectivity index (χ0) is 31.1. The normalized spacial score (nSPS) is 16.6. The molecule has 0 aromatic heterocycles. The van der Waals surface area contributed by atoms with Crippen LogP contribution < -0.4 is 25.4 Å². The Morgan fingerprint density at radius 3 is 2.23 bits per heavy atom. The van der Waals surface area contributed by atoms with Gasteiger partial charge in [-0.1, -0.05) is 30.3 Å². The number of hydrogen-bond acceptors (Lipinski definition) is 7. The van der Waals surface area contributed by atoms with Gasteiger partial charge in [-0.3, -0.25) is 9.59 Å². The second-order valence-electron chi connectivity index (χ2n) is 11.8. The molecule has 0 spiro atoms. The monoisotopic (exact) mass is 600 g/mol. The average Bonchev–Trinajstić information content (AvgIpc) is 3.48. The highest BCUT2D eigenvalue weighted by atomic mass is 16.5. The summed E-state index contributed by atoms with van der Waals surface area (Å²) in [4.78, 5) is 26.3. The smallest absolute Gasteiger partial charge is 0.251 e. The molecule has 0 radical (unpaired) electrons. The van der Waals surface area contributed by atoms with Crippen LogP contribution in [0.5, 0.6) is 11.5 Å². The molecule has 2 amide bonds. The third kappa shape index (κ3) is 7.70. The maximum absolute atomic E-state index is 12.9. The Morgan fingerprint density at radius 2 is 1.61 bits per heavy atom. The minimum atomic E-state index is -0.781. The third-order valence-corrected chi connectivity index (χ3v) is 8.86. The van der Waals surface area contributed by atoms with Crippen molar-refractivity contribution in [3.05, 3.63) is 89.0 Å². The molecule has 234 valence electrons. The fourth-order valence-corrected chi connectivity index (χ4v) is 6.37. The number of nitrogens with one attached hydrogen (secondary N) is 3. The molecule has 3 aromatic rings. The van der Waals surface area contributed by atoms with Gasteiger partial charge in [-0.15, -0.1) is 0 Å². The molecule has 44 heavy (non-hydrogen) atoms. The minimum absolute atomic E-state index is 0.0663. The first-order valence-corrected chi connectivity index (χ1v) is 15.4. The summed E-state index contributed by atoms with van der Waals surface area (Å²) in [6, 6.07) is 22.0. The highest BCUT2D eigenvalue weighted by Gasteiger charge is 2.32. The molecule has 1 heterocycles. The molecule has 1 aliphatic carbocycles. The van der Waals surface area contributed by atoms with Crippen LogP contribution in [0.2, 0.25) is 0 Å². The van der Waals surface area contributed by atoms with E-state index >= 15 is 0 Å². The summed E-state index contributed by atoms with van der Waals surface area (Å²) in [6.07, 6.45) is 2.87. The van der Waals surface area contributed by atoms with Gasteiger partial charge >= 0.3 is 0 Å². The summed E-state index contributed by atoms with van der Waals surface area (Å²) < 4.78 is 11.2. The summed E-state index contributed by atoms with van der Waals surface area (Å²) in [5.74, 6) is 1.63. The van der Waals surface area contributed by atoms with Crippen LogP contribution in [0.15, 0.2) is 66.7 Å². The number of rotatable bonds is 12. The number of nitrogens with zero attached hydrogens (tertiary/aromatic N) is 1. The molecule has 2 unspecified atom stereocenters. The largest absolute Gasteiger partial charge is 0.497 e. The van der Waals surface area contributed by atoms with Crippen LogP contribution in [0.1, 0.15) is 52.9 Å². The number of benzene rings is 3. The Bertz CT molecular complexity index is 1400. The van der Waals surface area contributed by atoms with Crippen molar-refractivity contribution in [3.8, 4) is 11.5 Å². The summed E-state index contributed by atoms with van der Waals surface area (Å²) in [6.45, 7) is 3.55. The summed E-state index contributed by atoms with van der Waals surface area (Å²) in [7, 11) is 3.29. The quantitative estimate of drug-likeness (QED) is 0.249. The van der Waals surface area contributed by atoms with Gasteiger partial charge in [0.1, 0.15) is 11.5 Å². The number of piperidine rings is 1. The molecule has 1 aliphatic heterocycles. The van der Waals surface area contributed by atoms with Crippen LogP contribution in [0, 0.1) is 5.92 Å². The first-order valence-electron chi connectivity index (χ1n) is 15.4. The molecule has 9 heteroatoms. The molecule has 5 rings (SSSR count). The van der Waals surface area contributed by atoms with Gasteiger partial charge in [0.15, 0.2) is 0 Å². The first kappa shape index (κ1) is 31.3. The summed E-state index contributed by atoms with van der Waals surface area (Å²) >= 11 is 0. The molecule has 4 N–H and O–H groups in total. The van der Waals surface area contributed by atoms with Crippen LogP contribution in [0.4, 0.5) is 5.69 Å². The van der Waals surface area contributed by atoms with E-state index in [1.165, 1.54) is 11.1 Å². The Morgan fingerprint density at radius 1 is 0.932 bits per heavy atom. The topological polar surface area (TPSA) is 112 Å². The van der Waals surface area contributed by atoms with E-state index in [1.54, 1.807) is 33.3 Å². The molecule has 1 fully saturated rings. The van der Waals surface area contributed by atoms with Crippen molar-refractivity contribution in [2.24, 2.45) is 5.92 Å². The number of fused-ring (bicyclic) bond motifs is 1. The van der Waals surface area contributed by atoms with Crippen molar-refractivity contribution in [1.29, 1.82) is 0 Å². The molecule has 1 saturated heterocycles. The number of carbonyl (C=O) groups excluding carboxylic acids is 2. The lowest BCUT2D eigenvalue weighted by molar-refractivity contribution is -0.129. The number of methoxy groups -OCH3 is 2. The number of carbonyl (C=O) groups is 2. The third-order valence-electron chi connectivity index (χ3n) is 8.86. The van der Waals surface area contributed by atoms with Crippen molar-refractivity contribution in [1.82, 2.24) is 15.5 Å². The van der Waals surface area contributed by atoms with E-state index in [-0.39, 0.29) is 30.3 Å². The molecule has 2 atom stereocenters. The van der Waals surface area contributed by atoms with Gasteiger partial charge in [0.25, 0.3) is 5.91 Å². The second-order valence-corrected chi connectivity index (χ2v) is 11.8. The highest BCUT2D eigenvalue weighted by molar-refractivity contribution is 5.94. The number of hydrogen-bond donors (Lipinski definition) is 4. The Balaban J connectivity index is 1.15. The number of aliphatic hydroxyl groups is 1. The SMILES string of the molecule is COc1ccc(C(NCC(O)CNC(=O)c2ccc(NC3CCN(C(C)=O)CC3)cc2)C2Cc3ccccc3C2)c(OC)c1. The van der Waals surface area contributed by atoms with Crippen LogP contribution in [0.3, 0.4) is 0 Å². The minimum Gasteiger partial charge on any atom is -0.497 e. The lowest BCUT2D eigenvalue weighted by Crippen LogP contribution is -2.41. The van der Waals surface area contributed by atoms with Gasteiger partial charge in [-0.2, -0.15) is 0 Å². The van der Waals surface area contributed by atoms with E-state index in [9.17, 15) is 14.7 Å². The maximum Gasteiger partial charge on any atom is 0.251 e. The van der Waals surface area contributed by atoms with E-state index in [0.29, 0.717) is 18.2 Å². The van der Waals surface area contributed by atoms with Crippen molar-refractivity contribution < 1.29 is 24.2 Å². The van der Waals surface area contributed by atoms with Crippen molar-refractivity contribution >= 4 is 17.5 Å². The number of anilines is 1. The average molecular weight is 601 g/mol. The summed E-state index contributed by atoms with van der Waals surface area (Å²) in [5, 5.41) is 20.9. The molecular weight excluding hydrogens is 556 g/mol. The van der Waals surface area contributed by atoms with Crippen LogP contribution in [-0.4, -0.2) is 74.4 Å². The number of aliphatic hydroxyl groups excluding tert-OH is 1. The van der Waals surface area contributed by atoms with E-state index in [2.05, 4.69) is 40.2 Å². The maximum atomic E-state index is 12.9. The highest BCUT2D eigenvalue weighted by Crippen LogP contribution is 2.39. The van der Waals surface area contributed by atoms with Gasteiger partial charge in [-0.05, 0) is 73.1 Å². The molecule has 3 aromatic carbocycles. The zero-order valence-electron chi connectivity index (χ0n) is 25.8. The van der Waals surface area contributed by atoms with Crippen LogP contribution in [0.25, 0.3) is 0 Å². The Hall–Kier alpha value is -4.08. The van der Waals surface area contributed by atoms with Crippen LogP contribution >= 0.6 is 0 Å². The Labute approximate surface area is 259 Å². The lowest BCUT2D eigenvalue weighted by Gasteiger charge is -2.32. The molecule has 0 bridgehead atoms. The van der Waals surface area contributed by atoms with Crippen molar-refractivity contribution in [2.45, 2.75) is 50.8 Å². The summed E-state index contributed by atoms with van der Waals surface area (Å²) in [5.41, 5.74) is 5.20. The molecule has 9 nitrogen and oxygen atoms in total. The number of likely N-dealkylation sites (tertiary alicyclic amines) is 1. The molecular formula is C35H44N4O5. The first-order chi connectivity index (χ1) is 21.3. The van der Waals surface area contributed by atoms with E-state index < -0.39 is 6.10 Å². The Kier molecular flexibility index (Phi) is 10.4. The van der Waals surface area contributed by atoms with E-state index in [0.717, 1.165) is 61.5 Å². The second kappa shape index (κ2) is 14.6. The molecule has 2 aliphatic rings. The van der Waals surface area contributed by atoms with Crippen molar-refractivity contribution in [2.75, 3.05) is 45.7 Å². The van der Waals surface area contributed by atoms with Gasteiger partial charge in [0, 0.05) is 68.1 Å². The van der Waals surface area contributed by atoms with Crippen molar-refractivity contribution in [3.63, 3.8) is 0 Å². The number of ether oxygens (including phenoxy) is 2. The number of amides is 2. The van der Waals surface area contributed by atoms with E-state index in [4.69, 9.17) is 9.47 Å². The van der Waals surface area contributed by atoms with Crippen LogP contribution in [-0.2, 0) is 17.6 Å². The fourth-order valence-electron chi connectivity index (χ4n) is 6.37. The lowest BCUT2D eigenvalue weighted by atomic mass is 9.89.